The van der Waals surface area contributed by atoms with Crippen molar-refractivity contribution in [3.63, 3.8) is 0 Å². The van der Waals surface area contributed by atoms with Gasteiger partial charge in [0.25, 0.3) is 0 Å². The lowest BCUT2D eigenvalue weighted by Gasteiger charge is -2.34. The fourth-order valence-electron chi connectivity index (χ4n) is 5.96. The second-order valence-electron chi connectivity index (χ2n) is 11.2. The Morgan fingerprint density at radius 3 is 2.39 bits per heavy atom. The Balaban J connectivity index is 0.00000189. The van der Waals surface area contributed by atoms with Crippen LogP contribution in [0.2, 0.25) is 0 Å². The highest BCUT2D eigenvalue weighted by molar-refractivity contribution is 6.11. The first-order chi connectivity index (χ1) is 19.7. The molecule has 8 nitrogen and oxygen atoms in total. The van der Waals surface area contributed by atoms with Crippen LogP contribution in [0.1, 0.15) is 94.0 Å². The van der Waals surface area contributed by atoms with Crippen LogP contribution in [0.4, 0.5) is 17.2 Å². The molecule has 0 bridgehead atoms. The Morgan fingerprint density at radius 1 is 1.12 bits per heavy atom. The average Bonchev–Trinajstić information content (AvgIpc) is 3.89. The smallest absolute Gasteiger partial charge is 0.308 e. The van der Waals surface area contributed by atoms with Crippen molar-refractivity contribution >= 4 is 35.0 Å². The van der Waals surface area contributed by atoms with Gasteiger partial charge in [0.05, 0.1) is 17.3 Å². The molecule has 3 saturated carbocycles. The second kappa shape index (κ2) is 12.3. The number of aliphatic carboxylic acids is 1. The quantitative estimate of drug-likeness (QED) is 0.198. The molecule has 41 heavy (non-hydrogen) atoms. The number of benzene rings is 1. The lowest BCUT2D eigenvalue weighted by molar-refractivity contribution is -0.146. The third kappa shape index (κ3) is 6.24. The van der Waals surface area contributed by atoms with Crippen molar-refractivity contribution in [2.24, 2.45) is 11.3 Å². The summed E-state index contributed by atoms with van der Waals surface area (Å²) in [5, 5.41) is 21.6. The van der Waals surface area contributed by atoms with E-state index in [1.165, 1.54) is 5.56 Å². The van der Waals surface area contributed by atoms with Gasteiger partial charge in [0.2, 0.25) is 5.90 Å². The van der Waals surface area contributed by atoms with Crippen LogP contribution in [0.25, 0.3) is 0 Å². The van der Waals surface area contributed by atoms with Gasteiger partial charge < -0.3 is 15.2 Å². The van der Waals surface area contributed by atoms with Gasteiger partial charge in [-0.25, -0.2) is 4.98 Å². The van der Waals surface area contributed by atoms with E-state index in [0.717, 1.165) is 42.5 Å². The van der Waals surface area contributed by atoms with Gasteiger partial charge in [-0.3, -0.25) is 19.9 Å². The highest BCUT2D eigenvalue weighted by Gasteiger charge is 2.56. The number of pyridine rings is 1. The molecule has 2 unspecified atom stereocenters. The van der Waals surface area contributed by atoms with Crippen molar-refractivity contribution in [1.82, 2.24) is 4.98 Å². The summed E-state index contributed by atoms with van der Waals surface area (Å²) in [6.07, 6.45) is 5.47. The molecular weight excluding hydrogens is 516 g/mol. The Kier molecular flexibility index (Phi) is 9.06. The number of carboxylic acids is 1. The predicted octanol–water partition coefficient (Wildman–Crippen LogP) is 6.71. The maximum absolute atomic E-state index is 13.4. The zero-order chi connectivity index (χ0) is 29.9. The number of carbonyl (C=O) groups excluding carboxylic acids is 1. The van der Waals surface area contributed by atoms with Gasteiger partial charge >= 0.3 is 11.9 Å². The third-order valence-corrected chi connectivity index (χ3v) is 8.56. The van der Waals surface area contributed by atoms with Crippen LogP contribution in [0.5, 0.6) is 0 Å². The van der Waals surface area contributed by atoms with E-state index in [1.807, 2.05) is 26.8 Å². The molecule has 8 heteroatoms. The molecule has 2 atom stereocenters. The fourth-order valence-corrected chi connectivity index (χ4v) is 5.96. The summed E-state index contributed by atoms with van der Waals surface area (Å²) in [6.45, 7) is 9.74. The van der Waals surface area contributed by atoms with Crippen LogP contribution in [-0.2, 0) is 14.3 Å². The van der Waals surface area contributed by atoms with Crippen molar-refractivity contribution in [2.45, 2.75) is 91.6 Å². The van der Waals surface area contributed by atoms with Crippen molar-refractivity contribution < 1.29 is 19.4 Å². The number of nitrogens with zero attached hydrogens (tertiary/aromatic N) is 2. The molecule has 0 radical (unpaired) electrons. The number of amides is 1. The minimum Gasteiger partial charge on any atom is -0.481 e. The lowest BCUT2D eigenvalue weighted by atomic mass is 9.75. The van der Waals surface area contributed by atoms with Crippen molar-refractivity contribution in [1.29, 1.82) is 5.41 Å². The summed E-state index contributed by atoms with van der Waals surface area (Å²) in [6, 6.07) is 7.76. The SMILES string of the molecule is CC.CC#CC(=O)N(c1ccc(NC)c(C(=N)OC2CCC(C(=O)O)C3(CC3)C2)n1)c1cc(C)c(C)cc1C1CC1. The molecule has 3 fully saturated rings. The van der Waals surface area contributed by atoms with Gasteiger partial charge in [0, 0.05) is 7.05 Å². The summed E-state index contributed by atoms with van der Waals surface area (Å²) in [5.74, 6) is 4.65. The van der Waals surface area contributed by atoms with Crippen LogP contribution in [0.3, 0.4) is 0 Å². The maximum Gasteiger partial charge on any atom is 0.308 e. The number of carboxylic acid groups (broad SMARTS) is 1. The third-order valence-electron chi connectivity index (χ3n) is 8.56. The summed E-state index contributed by atoms with van der Waals surface area (Å²) in [5.41, 5.74) is 4.85. The topological polar surface area (TPSA) is 116 Å². The fraction of sp³-hybridized carbons (Fsp3) is 0.515. The van der Waals surface area contributed by atoms with E-state index < -0.39 is 5.97 Å². The number of anilines is 3. The summed E-state index contributed by atoms with van der Waals surface area (Å²) in [7, 11) is 1.75. The first-order valence-electron chi connectivity index (χ1n) is 14.7. The molecule has 1 aromatic carbocycles. The van der Waals surface area contributed by atoms with Crippen LogP contribution in [-0.4, -0.2) is 41.0 Å². The van der Waals surface area contributed by atoms with E-state index in [9.17, 15) is 14.7 Å². The van der Waals surface area contributed by atoms with Gasteiger partial charge in [0.15, 0.2) is 0 Å². The number of aromatic nitrogens is 1. The molecule has 3 aliphatic rings. The number of aryl methyl sites for hydroxylation is 2. The molecule has 5 rings (SSSR count). The van der Waals surface area contributed by atoms with Crippen LogP contribution in [0.15, 0.2) is 24.3 Å². The first kappa shape index (κ1) is 30.1. The minimum atomic E-state index is -0.732. The molecule has 3 N–H and O–H groups in total. The standard InChI is InChI=1S/C31H36N4O4.C2H6/c1-5-6-27(36)35(25-16-19(3)18(2)15-22(25)20-7-8-20)26-12-11-24(33-4)28(34-26)29(32)39-21-9-10-23(30(37)38)31(17-21)13-14-31;1-2/h11-12,15-16,20-21,23,32-33H,7-10,13-14,17H2,1-4H3,(H,37,38);1-2H3. The van der Waals surface area contributed by atoms with Crippen molar-refractivity contribution in [2.75, 3.05) is 17.3 Å². The number of ether oxygens (including phenoxy) is 1. The van der Waals surface area contributed by atoms with Crippen LogP contribution < -0.4 is 10.2 Å². The van der Waals surface area contributed by atoms with E-state index >= 15 is 0 Å². The molecule has 1 aromatic heterocycles. The second-order valence-corrected chi connectivity index (χ2v) is 11.2. The zero-order valence-electron chi connectivity index (χ0n) is 25.1. The highest BCUT2D eigenvalue weighted by atomic mass is 16.5. The highest BCUT2D eigenvalue weighted by Crippen LogP contribution is 2.60. The average molecular weight is 559 g/mol. The number of hydrogen-bond acceptors (Lipinski definition) is 6. The van der Waals surface area contributed by atoms with Gasteiger partial charge in [-0.15, -0.1) is 0 Å². The molecule has 3 aliphatic carbocycles. The van der Waals surface area contributed by atoms with E-state index in [2.05, 4.69) is 30.1 Å². The first-order valence-corrected chi connectivity index (χ1v) is 14.7. The Labute approximate surface area is 243 Å². The van der Waals surface area contributed by atoms with E-state index in [1.54, 1.807) is 31.0 Å². The normalized spacial score (nSPS) is 20.0. The minimum absolute atomic E-state index is 0.0905. The Morgan fingerprint density at radius 2 is 1.80 bits per heavy atom. The maximum atomic E-state index is 13.4. The Bertz CT molecular complexity index is 1400. The Hall–Kier alpha value is -3.86. The van der Waals surface area contributed by atoms with Crippen molar-refractivity contribution in [3.05, 3.63) is 46.6 Å². The number of rotatable bonds is 7. The largest absolute Gasteiger partial charge is 0.481 e. The van der Waals surface area contributed by atoms with Crippen LogP contribution >= 0.6 is 0 Å². The molecule has 2 aromatic rings. The molecule has 1 heterocycles. The number of nitrogens with one attached hydrogen (secondary N) is 2. The van der Waals surface area contributed by atoms with Crippen molar-refractivity contribution in [3.8, 4) is 11.8 Å². The summed E-state index contributed by atoms with van der Waals surface area (Å²) in [4.78, 5) is 31.5. The van der Waals surface area contributed by atoms with E-state index in [4.69, 9.17) is 15.1 Å². The predicted molar refractivity (Wildman–Crippen MR) is 162 cm³/mol. The van der Waals surface area contributed by atoms with Gasteiger partial charge in [-0.1, -0.05) is 25.8 Å². The van der Waals surface area contributed by atoms with Crippen LogP contribution in [0, 0.1) is 42.4 Å². The van der Waals surface area contributed by atoms with E-state index in [0.29, 0.717) is 42.4 Å². The number of carbonyl (C=O) groups is 2. The molecular formula is C33H42N4O4. The molecule has 1 amide bonds. The molecule has 0 saturated heterocycles. The van der Waals surface area contributed by atoms with Gasteiger partial charge in [-0.2, -0.15) is 0 Å². The van der Waals surface area contributed by atoms with Gasteiger partial charge in [0.1, 0.15) is 17.6 Å². The van der Waals surface area contributed by atoms with Gasteiger partial charge in [-0.05, 0) is 118 Å². The summed E-state index contributed by atoms with van der Waals surface area (Å²) >= 11 is 0. The number of hydrogen-bond donors (Lipinski definition) is 3. The van der Waals surface area contributed by atoms with E-state index in [-0.39, 0.29) is 29.2 Å². The monoisotopic (exact) mass is 558 g/mol. The zero-order valence-corrected chi connectivity index (χ0v) is 25.1. The summed E-state index contributed by atoms with van der Waals surface area (Å²) < 4.78 is 6.14. The molecule has 218 valence electrons. The molecule has 1 spiro atoms. The molecule has 0 aliphatic heterocycles. The lowest BCUT2D eigenvalue weighted by Crippen LogP contribution is -2.36.